The van der Waals surface area contributed by atoms with E-state index in [2.05, 4.69) is 11.0 Å². The summed E-state index contributed by atoms with van der Waals surface area (Å²) in [5, 5.41) is 8.63. The van der Waals surface area contributed by atoms with E-state index in [0.29, 0.717) is 18.9 Å². The molecule has 0 heterocycles. The summed E-state index contributed by atoms with van der Waals surface area (Å²) in [4.78, 5) is 14.3. The van der Waals surface area contributed by atoms with Gasteiger partial charge in [0.1, 0.15) is 0 Å². The Labute approximate surface area is 108 Å². The van der Waals surface area contributed by atoms with Gasteiger partial charge in [0, 0.05) is 37.5 Å². The van der Waals surface area contributed by atoms with Crippen LogP contribution in [0.5, 0.6) is 0 Å². The molecule has 94 valence electrons. The van der Waals surface area contributed by atoms with Crippen LogP contribution in [0.25, 0.3) is 0 Å². The second kappa shape index (κ2) is 6.32. The third-order valence-electron chi connectivity index (χ3n) is 3.30. The molecule has 0 N–H and O–H groups in total. The van der Waals surface area contributed by atoms with Crippen LogP contribution in [0.4, 0.5) is 0 Å². The van der Waals surface area contributed by atoms with E-state index in [9.17, 15) is 4.79 Å². The molecule has 2 rings (SSSR count). The van der Waals surface area contributed by atoms with Gasteiger partial charge in [-0.25, -0.2) is 0 Å². The summed E-state index contributed by atoms with van der Waals surface area (Å²) in [7, 11) is 0. The first-order valence-electron chi connectivity index (χ1n) is 6.50. The number of nitrogens with zero attached hydrogens (tertiary/aromatic N) is 2. The Bertz CT molecular complexity index is 432. The number of Topliss-reactive ketones (excluding diaryl/α,β-unsaturated/α-hetero) is 1. The highest BCUT2D eigenvalue weighted by Gasteiger charge is 2.28. The van der Waals surface area contributed by atoms with Crippen molar-refractivity contribution in [2.24, 2.45) is 0 Å². The second-order valence-electron chi connectivity index (χ2n) is 4.71. The van der Waals surface area contributed by atoms with E-state index in [4.69, 9.17) is 5.26 Å². The van der Waals surface area contributed by atoms with Gasteiger partial charge in [-0.2, -0.15) is 5.26 Å². The zero-order valence-corrected chi connectivity index (χ0v) is 10.5. The fourth-order valence-electron chi connectivity index (χ4n) is 2.12. The summed E-state index contributed by atoms with van der Waals surface area (Å²) < 4.78 is 0. The molecule has 3 heteroatoms. The van der Waals surface area contributed by atoms with E-state index >= 15 is 0 Å². The minimum absolute atomic E-state index is 0.193. The van der Waals surface area contributed by atoms with Gasteiger partial charge in [-0.05, 0) is 12.8 Å². The Kier molecular flexibility index (Phi) is 4.49. The first-order valence-corrected chi connectivity index (χ1v) is 6.50. The van der Waals surface area contributed by atoms with Crippen molar-refractivity contribution in [2.75, 3.05) is 13.1 Å². The van der Waals surface area contributed by atoms with Gasteiger partial charge in [0.25, 0.3) is 0 Å². The van der Waals surface area contributed by atoms with Gasteiger partial charge in [-0.3, -0.25) is 9.69 Å². The molecule has 0 saturated heterocycles. The van der Waals surface area contributed by atoms with E-state index in [1.165, 1.54) is 12.8 Å². The number of rotatable bonds is 7. The van der Waals surface area contributed by atoms with Crippen LogP contribution in [0.15, 0.2) is 30.3 Å². The Hall–Kier alpha value is -1.66. The Morgan fingerprint density at radius 2 is 2.00 bits per heavy atom. The molecule has 1 aromatic carbocycles. The predicted octanol–water partition coefficient (Wildman–Crippen LogP) is 2.64. The molecule has 0 radical (unpaired) electrons. The van der Waals surface area contributed by atoms with Crippen LogP contribution in [0.2, 0.25) is 0 Å². The molecular weight excluding hydrogens is 224 g/mol. The van der Waals surface area contributed by atoms with Crippen LogP contribution < -0.4 is 0 Å². The largest absolute Gasteiger partial charge is 0.299 e. The van der Waals surface area contributed by atoms with Gasteiger partial charge in [-0.15, -0.1) is 0 Å². The molecule has 0 spiro atoms. The van der Waals surface area contributed by atoms with Crippen molar-refractivity contribution in [3.05, 3.63) is 35.9 Å². The third-order valence-corrected chi connectivity index (χ3v) is 3.30. The Balaban J connectivity index is 1.82. The van der Waals surface area contributed by atoms with Gasteiger partial charge in [0.15, 0.2) is 5.78 Å². The smallest absolute Gasteiger partial charge is 0.164 e. The number of carbonyl (C=O) groups excluding carboxylic acids is 1. The summed E-state index contributed by atoms with van der Waals surface area (Å²) in [6.07, 6.45) is 3.53. The maximum Gasteiger partial charge on any atom is 0.164 e. The summed E-state index contributed by atoms with van der Waals surface area (Å²) in [6.45, 7) is 1.57. The maximum atomic E-state index is 12.0. The summed E-state index contributed by atoms with van der Waals surface area (Å²) in [6, 6.07) is 12.2. The molecule has 0 aromatic heterocycles. The van der Waals surface area contributed by atoms with Crippen LogP contribution in [0.1, 0.15) is 36.0 Å². The predicted molar refractivity (Wildman–Crippen MR) is 70.2 cm³/mol. The molecule has 1 aliphatic rings. The lowest BCUT2D eigenvalue weighted by Crippen LogP contribution is -2.29. The summed E-state index contributed by atoms with van der Waals surface area (Å²) >= 11 is 0. The standard InChI is InChI=1S/C15H18N2O/c16-10-4-11-17(14-7-8-14)12-9-15(18)13-5-2-1-3-6-13/h1-3,5-6,14H,4,7-9,11-12H2. The van der Waals surface area contributed by atoms with Crippen molar-refractivity contribution >= 4 is 5.78 Å². The SMILES string of the molecule is N#CCCN(CCC(=O)c1ccccc1)C1CC1. The van der Waals surface area contributed by atoms with Crippen molar-refractivity contribution in [1.29, 1.82) is 5.26 Å². The number of nitriles is 1. The van der Waals surface area contributed by atoms with Gasteiger partial charge in [0.05, 0.1) is 6.07 Å². The molecule has 18 heavy (non-hydrogen) atoms. The van der Waals surface area contributed by atoms with E-state index in [-0.39, 0.29) is 5.78 Å². The number of hydrogen-bond acceptors (Lipinski definition) is 3. The second-order valence-corrected chi connectivity index (χ2v) is 4.71. The highest BCUT2D eigenvalue weighted by molar-refractivity contribution is 5.96. The van der Waals surface area contributed by atoms with E-state index in [1.54, 1.807) is 0 Å². The lowest BCUT2D eigenvalue weighted by Gasteiger charge is -2.19. The first kappa shape index (κ1) is 12.8. The molecule has 0 atom stereocenters. The van der Waals surface area contributed by atoms with Crippen molar-refractivity contribution in [3.8, 4) is 6.07 Å². The highest BCUT2D eigenvalue weighted by atomic mass is 16.1. The minimum atomic E-state index is 0.193. The Morgan fingerprint density at radius 1 is 1.28 bits per heavy atom. The average Bonchev–Trinajstić information content (AvgIpc) is 3.24. The van der Waals surface area contributed by atoms with Crippen molar-refractivity contribution in [3.63, 3.8) is 0 Å². The number of benzene rings is 1. The zero-order valence-electron chi connectivity index (χ0n) is 10.5. The van der Waals surface area contributed by atoms with Crippen LogP contribution in [-0.4, -0.2) is 29.8 Å². The average molecular weight is 242 g/mol. The molecule has 0 aliphatic heterocycles. The van der Waals surface area contributed by atoms with Crippen molar-refractivity contribution < 1.29 is 4.79 Å². The van der Waals surface area contributed by atoms with Gasteiger partial charge in [-0.1, -0.05) is 30.3 Å². The van der Waals surface area contributed by atoms with Gasteiger partial charge in [0.2, 0.25) is 0 Å². The third kappa shape index (κ3) is 3.68. The van der Waals surface area contributed by atoms with Crippen LogP contribution >= 0.6 is 0 Å². The number of hydrogen-bond donors (Lipinski definition) is 0. The van der Waals surface area contributed by atoms with Crippen LogP contribution in [0, 0.1) is 11.3 Å². The van der Waals surface area contributed by atoms with Crippen LogP contribution in [-0.2, 0) is 0 Å². The van der Waals surface area contributed by atoms with Crippen molar-refractivity contribution in [2.45, 2.75) is 31.7 Å². The molecule has 0 amide bonds. The minimum Gasteiger partial charge on any atom is -0.299 e. The Morgan fingerprint density at radius 3 is 2.61 bits per heavy atom. The molecule has 0 bridgehead atoms. The zero-order chi connectivity index (χ0) is 12.8. The lowest BCUT2D eigenvalue weighted by molar-refractivity contribution is 0.0963. The lowest BCUT2D eigenvalue weighted by atomic mass is 10.1. The molecular formula is C15H18N2O. The quantitative estimate of drug-likeness (QED) is 0.690. The summed E-state index contributed by atoms with van der Waals surface area (Å²) in [5.41, 5.74) is 0.786. The normalized spacial score (nSPS) is 14.4. The highest BCUT2D eigenvalue weighted by Crippen LogP contribution is 2.27. The topological polar surface area (TPSA) is 44.1 Å². The van der Waals surface area contributed by atoms with Gasteiger partial charge < -0.3 is 0 Å². The van der Waals surface area contributed by atoms with E-state index < -0.39 is 0 Å². The molecule has 0 unspecified atom stereocenters. The maximum absolute atomic E-state index is 12.0. The monoisotopic (exact) mass is 242 g/mol. The van der Waals surface area contributed by atoms with Gasteiger partial charge >= 0.3 is 0 Å². The fourth-order valence-corrected chi connectivity index (χ4v) is 2.12. The number of carbonyl (C=O) groups is 1. The molecule has 1 aliphatic carbocycles. The molecule has 1 aromatic rings. The summed E-state index contributed by atoms with van der Waals surface area (Å²) in [5.74, 6) is 0.193. The fraction of sp³-hybridized carbons (Fsp3) is 0.467. The molecule has 3 nitrogen and oxygen atoms in total. The first-order chi connectivity index (χ1) is 8.81. The van der Waals surface area contributed by atoms with Crippen molar-refractivity contribution in [1.82, 2.24) is 4.90 Å². The number of ketones is 1. The van der Waals surface area contributed by atoms with E-state index in [1.807, 2.05) is 30.3 Å². The van der Waals surface area contributed by atoms with E-state index in [0.717, 1.165) is 18.7 Å². The molecule has 1 saturated carbocycles. The molecule has 1 fully saturated rings. The van der Waals surface area contributed by atoms with Crippen LogP contribution in [0.3, 0.4) is 0 Å².